The number of hydrogen-bond donors (Lipinski definition) is 1. The highest BCUT2D eigenvalue weighted by Gasteiger charge is 2.42. The van der Waals surface area contributed by atoms with E-state index >= 15 is 0 Å². The molecule has 2 aliphatic rings. The van der Waals surface area contributed by atoms with Gasteiger partial charge in [-0.1, -0.05) is 38.2 Å². The third kappa shape index (κ3) is 6.06. The normalized spacial score (nSPS) is 25.7. The Hall–Kier alpha value is -1.36. The fourth-order valence-corrected chi connectivity index (χ4v) is 3.95. The van der Waals surface area contributed by atoms with Crippen LogP contribution in [0, 0.1) is 11.3 Å². The summed E-state index contributed by atoms with van der Waals surface area (Å²) in [6.45, 7) is 11.1. The van der Waals surface area contributed by atoms with Crippen LogP contribution in [0.1, 0.15) is 33.1 Å². The molecule has 1 aliphatic heterocycles. The third-order valence-electron chi connectivity index (χ3n) is 5.75. The van der Waals surface area contributed by atoms with Crippen LogP contribution in [0.4, 0.5) is 0 Å². The third-order valence-corrected chi connectivity index (χ3v) is 5.75. The molecule has 152 valence electrons. The molecule has 1 heterocycles. The molecule has 0 saturated carbocycles. The molecule has 1 aliphatic carbocycles. The number of unbranched alkanes of at least 4 members (excludes halogenated alkanes) is 1. The number of methoxy groups -OCH3 is 1. The lowest BCUT2D eigenvalue weighted by Gasteiger charge is -2.44. The number of ether oxygens (including phenoxy) is 2. The molecule has 27 heavy (non-hydrogen) atoms. The van der Waals surface area contributed by atoms with Crippen LogP contribution in [0.5, 0.6) is 0 Å². The zero-order chi connectivity index (χ0) is 19.9. The first-order chi connectivity index (χ1) is 12.9. The van der Waals surface area contributed by atoms with Crippen molar-refractivity contribution in [1.82, 2.24) is 10.2 Å². The first-order valence-corrected chi connectivity index (χ1v) is 10.1. The molecule has 3 atom stereocenters. The zero-order valence-corrected chi connectivity index (χ0v) is 17.8. The Bertz CT molecular complexity index is 577. The number of fused-ring (bicyclic) bond motifs is 1. The second-order valence-corrected chi connectivity index (χ2v) is 8.43. The van der Waals surface area contributed by atoms with Crippen molar-refractivity contribution < 1.29 is 9.47 Å². The van der Waals surface area contributed by atoms with Crippen molar-refractivity contribution in [2.75, 3.05) is 40.9 Å². The number of likely N-dealkylation sites (N-methyl/N-ethyl adjacent to an activating group) is 2. The van der Waals surface area contributed by atoms with E-state index in [2.05, 4.69) is 62.0 Å². The zero-order valence-electron chi connectivity index (χ0n) is 17.8. The van der Waals surface area contributed by atoms with E-state index in [1.807, 2.05) is 13.1 Å². The largest absolute Gasteiger partial charge is 0.498 e. The molecular weight excluding hydrogens is 336 g/mol. The average molecular weight is 375 g/mol. The van der Waals surface area contributed by atoms with Crippen LogP contribution in [0.2, 0.25) is 0 Å². The minimum absolute atomic E-state index is 0.0608. The lowest BCUT2D eigenvalue weighted by molar-refractivity contribution is -0.0734. The van der Waals surface area contributed by atoms with Gasteiger partial charge in [-0.2, -0.15) is 0 Å². The number of nitrogens with one attached hydrogen (secondary N) is 1. The van der Waals surface area contributed by atoms with Gasteiger partial charge in [0.1, 0.15) is 11.9 Å². The van der Waals surface area contributed by atoms with Crippen molar-refractivity contribution in [2.24, 2.45) is 11.3 Å². The van der Waals surface area contributed by atoms with Gasteiger partial charge in [0.05, 0.1) is 7.11 Å². The predicted octanol–water partition coefficient (Wildman–Crippen LogP) is 3.93. The Balaban J connectivity index is 2.01. The standard InChI is InChI=1S/C23H38N2O2/c1-7-8-9-10-11-19(24-4)17-25(5)16-18-14-20-22(21(15-18)26-6)27-13-12-23(20,2)3/h7,10-11,14-15,19-20,22,24H,1,8-9,12-13,16-17H2,2-6H3/b11-10+/t19-,20?,22?/m1/s1. The van der Waals surface area contributed by atoms with Gasteiger partial charge >= 0.3 is 0 Å². The molecule has 0 aromatic heterocycles. The Morgan fingerprint density at radius 3 is 2.89 bits per heavy atom. The molecule has 1 N–H and O–H groups in total. The van der Waals surface area contributed by atoms with Crippen molar-refractivity contribution in [1.29, 1.82) is 0 Å². The van der Waals surface area contributed by atoms with E-state index in [-0.39, 0.29) is 11.5 Å². The minimum atomic E-state index is 0.0608. The van der Waals surface area contributed by atoms with E-state index in [1.165, 1.54) is 5.57 Å². The Kier molecular flexibility index (Phi) is 8.33. The highest BCUT2D eigenvalue weighted by Crippen LogP contribution is 2.44. The van der Waals surface area contributed by atoms with Crippen LogP contribution in [0.25, 0.3) is 0 Å². The monoisotopic (exact) mass is 374 g/mol. The van der Waals surface area contributed by atoms with Crippen molar-refractivity contribution >= 4 is 0 Å². The summed E-state index contributed by atoms with van der Waals surface area (Å²) in [5.41, 5.74) is 1.55. The van der Waals surface area contributed by atoms with Gasteiger partial charge in [-0.05, 0) is 50.4 Å². The summed E-state index contributed by atoms with van der Waals surface area (Å²) in [4.78, 5) is 2.37. The van der Waals surface area contributed by atoms with Crippen LogP contribution in [-0.4, -0.2) is 57.9 Å². The van der Waals surface area contributed by atoms with E-state index in [9.17, 15) is 0 Å². The topological polar surface area (TPSA) is 33.7 Å². The number of rotatable bonds is 10. The molecule has 1 saturated heterocycles. The predicted molar refractivity (Wildman–Crippen MR) is 114 cm³/mol. The van der Waals surface area contributed by atoms with Crippen LogP contribution in [-0.2, 0) is 9.47 Å². The molecule has 0 spiro atoms. The van der Waals surface area contributed by atoms with Crippen molar-refractivity contribution in [2.45, 2.75) is 45.3 Å². The van der Waals surface area contributed by atoms with Crippen LogP contribution < -0.4 is 5.32 Å². The summed E-state index contributed by atoms with van der Waals surface area (Å²) in [7, 11) is 5.95. The Labute approximate surface area is 166 Å². The number of nitrogens with zero attached hydrogens (tertiary/aromatic N) is 1. The van der Waals surface area contributed by atoms with Crippen molar-refractivity contribution in [3.05, 3.63) is 48.3 Å². The van der Waals surface area contributed by atoms with Crippen LogP contribution >= 0.6 is 0 Å². The maximum atomic E-state index is 6.04. The molecule has 0 amide bonds. The molecule has 4 heteroatoms. The van der Waals surface area contributed by atoms with E-state index in [1.54, 1.807) is 7.11 Å². The summed E-state index contributed by atoms with van der Waals surface area (Å²) in [6, 6.07) is 0.345. The summed E-state index contributed by atoms with van der Waals surface area (Å²) in [5, 5.41) is 3.39. The fraction of sp³-hybridized carbons (Fsp3) is 0.652. The maximum absolute atomic E-state index is 6.04. The molecule has 0 radical (unpaired) electrons. The fourth-order valence-electron chi connectivity index (χ4n) is 3.95. The molecule has 0 aromatic rings. The highest BCUT2D eigenvalue weighted by atomic mass is 16.5. The molecule has 2 unspecified atom stereocenters. The maximum Gasteiger partial charge on any atom is 0.125 e. The summed E-state index contributed by atoms with van der Waals surface area (Å²) in [5.74, 6) is 1.33. The quantitative estimate of drug-likeness (QED) is 0.464. The van der Waals surface area contributed by atoms with Gasteiger partial charge in [0.2, 0.25) is 0 Å². The van der Waals surface area contributed by atoms with Crippen LogP contribution in [0.15, 0.2) is 48.3 Å². The smallest absolute Gasteiger partial charge is 0.125 e. The van der Waals surface area contributed by atoms with Gasteiger partial charge in [-0.25, -0.2) is 0 Å². The van der Waals surface area contributed by atoms with Gasteiger partial charge in [0.25, 0.3) is 0 Å². The van der Waals surface area contributed by atoms with Gasteiger partial charge in [-0.15, -0.1) is 6.58 Å². The van der Waals surface area contributed by atoms with Gasteiger partial charge in [0.15, 0.2) is 0 Å². The van der Waals surface area contributed by atoms with Crippen molar-refractivity contribution in [3.8, 4) is 0 Å². The summed E-state index contributed by atoms with van der Waals surface area (Å²) in [6.07, 6.45) is 14.3. The summed E-state index contributed by atoms with van der Waals surface area (Å²) >= 11 is 0. The Morgan fingerprint density at radius 2 is 2.22 bits per heavy atom. The molecule has 2 rings (SSSR count). The molecule has 1 fully saturated rings. The van der Waals surface area contributed by atoms with E-state index in [0.717, 1.165) is 44.7 Å². The second kappa shape index (κ2) is 10.3. The second-order valence-electron chi connectivity index (χ2n) is 8.43. The number of allylic oxidation sites excluding steroid dienone is 2. The lowest BCUT2D eigenvalue weighted by Crippen LogP contribution is -2.44. The minimum Gasteiger partial charge on any atom is -0.498 e. The Morgan fingerprint density at radius 1 is 1.44 bits per heavy atom. The first-order valence-electron chi connectivity index (χ1n) is 10.1. The van der Waals surface area contributed by atoms with Crippen LogP contribution in [0.3, 0.4) is 0 Å². The van der Waals surface area contributed by atoms with Gasteiger partial charge < -0.3 is 19.7 Å². The highest BCUT2D eigenvalue weighted by molar-refractivity contribution is 5.33. The van der Waals surface area contributed by atoms with Gasteiger partial charge in [-0.3, -0.25) is 0 Å². The van der Waals surface area contributed by atoms with E-state index in [0.29, 0.717) is 12.0 Å². The lowest BCUT2D eigenvalue weighted by atomic mass is 9.69. The summed E-state index contributed by atoms with van der Waals surface area (Å²) < 4.78 is 11.7. The van der Waals surface area contributed by atoms with E-state index < -0.39 is 0 Å². The van der Waals surface area contributed by atoms with E-state index in [4.69, 9.17) is 9.47 Å². The first kappa shape index (κ1) is 21.9. The van der Waals surface area contributed by atoms with Crippen molar-refractivity contribution in [3.63, 3.8) is 0 Å². The number of hydrogen-bond acceptors (Lipinski definition) is 4. The van der Waals surface area contributed by atoms with Gasteiger partial charge in [0, 0.05) is 31.7 Å². The molecule has 0 bridgehead atoms. The molecular formula is C23H38N2O2. The average Bonchev–Trinajstić information content (AvgIpc) is 2.64. The molecule has 4 nitrogen and oxygen atoms in total. The SMILES string of the molecule is C=CCC/C=C/[C@H](CN(C)CC1=CC2C(OCCC2(C)C)C(OC)=C1)NC. The molecule has 0 aromatic carbocycles.